The van der Waals surface area contributed by atoms with Gasteiger partial charge in [0.15, 0.2) is 21.5 Å². The number of rotatable bonds is 15. The number of hydrogen-bond donors (Lipinski definition) is 2. The molecule has 10 nitrogen and oxygen atoms in total. The number of sulfone groups is 1. The number of carbonyl (C=O) groups is 1. The van der Waals surface area contributed by atoms with Gasteiger partial charge in [-0.25, -0.2) is 13.4 Å². The first-order valence-corrected chi connectivity index (χ1v) is 16.0. The molecule has 0 radical (unpaired) electrons. The van der Waals surface area contributed by atoms with E-state index in [1.807, 2.05) is 30.0 Å². The van der Waals surface area contributed by atoms with Crippen LogP contribution < -0.4 is 5.32 Å². The standard InChI is InChI=1S/C30H41N3O7S/c1-3-9-25(28(34)30-32-24-12-7-8-13-27(24)40-30)31-29(35)26(21-41(36,37)20-22-10-5-4-6-11-22)33(16-19-38-2)23-14-17-39-18-15-23/h4-8,10-13,23,25-26,28,34H,3,9,14-21H2,1-2H3,(H,31,35)/t25-,26?,28?/m0/s1. The van der Waals surface area contributed by atoms with Crippen molar-refractivity contribution < 1.29 is 32.2 Å². The maximum absolute atomic E-state index is 14.1. The third kappa shape index (κ3) is 8.59. The molecule has 0 bridgehead atoms. The van der Waals surface area contributed by atoms with E-state index in [-0.39, 0.29) is 23.4 Å². The monoisotopic (exact) mass is 587 g/mol. The first-order chi connectivity index (χ1) is 19.8. The fourth-order valence-electron chi connectivity index (χ4n) is 5.34. The van der Waals surface area contributed by atoms with Gasteiger partial charge < -0.3 is 24.3 Å². The van der Waals surface area contributed by atoms with Crippen LogP contribution in [-0.4, -0.2) is 86.7 Å². The Balaban J connectivity index is 1.61. The Morgan fingerprint density at radius 3 is 2.54 bits per heavy atom. The molecular weight excluding hydrogens is 546 g/mol. The lowest BCUT2D eigenvalue weighted by Gasteiger charge is -2.39. The molecule has 0 aliphatic carbocycles. The van der Waals surface area contributed by atoms with E-state index in [0.29, 0.717) is 68.7 Å². The normalized spacial score (nSPS) is 17.0. The zero-order valence-electron chi connectivity index (χ0n) is 23.8. The number of aliphatic hydroxyl groups excluding tert-OH is 1. The minimum Gasteiger partial charge on any atom is -0.438 e. The number of aromatic nitrogens is 1. The summed E-state index contributed by atoms with van der Waals surface area (Å²) in [5.74, 6) is -0.892. The first kappa shape index (κ1) is 31.1. The Labute approximate surface area is 242 Å². The summed E-state index contributed by atoms with van der Waals surface area (Å²) in [7, 11) is -2.11. The Morgan fingerprint density at radius 2 is 1.85 bits per heavy atom. The largest absolute Gasteiger partial charge is 0.438 e. The van der Waals surface area contributed by atoms with Crippen molar-refractivity contribution in [3.8, 4) is 0 Å². The van der Waals surface area contributed by atoms with Gasteiger partial charge in [0.05, 0.1) is 24.2 Å². The van der Waals surface area contributed by atoms with E-state index in [1.54, 1.807) is 43.5 Å². The second-order valence-electron chi connectivity index (χ2n) is 10.5. The molecule has 41 heavy (non-hydrogen) atoms. The minimum absolute atomic E-state index is 0.0480. The van der Waals surface area contributed by atoms with Crippen LogP contribution in [0.4, 0.5) is 0 Å². The second kappa shape index (κ2) is 14.9. The number of oxazole rings is 1. The van der Waals surface area contributed by atoms with E-state index < -0.39 is 33.9 Å². The number of carbonyl (C=O) groups excluding carboxylic acids is 1. The minimum atomic E-state index is -3.69. The van der Waals surface area contributed by atoms with E-state index in [1.165, 1.54) is 0 Å². The quantitative estimate of drug-likeness (QED) is 0.275. The Bertz CT molecular complexity index is 1310. The van der Waals surface area contributed by atoms with Gasteiger partial charge in [0.2, 0.25) is 11.8 Å². The van der Waals surface area contributed by atoms with Gasteiger partial charge in [-0.3, -0.25) is 9.69 Å². The van der Waals surface area contributed by atoms with Crippen LogP contribution in [0.25, 0.3) is 11.1 Å². The summed E-state index contributed by atoms with van der Waals surface area (Å²) < 4.78 is 43.7. The molecule has 1 saturated heterocycles. The Kier molecular flexibility index (Phi) is 11.3. The summed E-state index contributed by atoms with van der Waals surface area (Å²) >= 11 is 0. The number of para-hydroxylation sites is 2. The number of benzene rings is 2. The molecule has 3 atom stereocenters. The number of nitrogens with zero attached hydrogens (tertiary/aromatic N) is 2. The van der Waals surface area contributed by atoms with Gasteiger partial charge >= 0.3 is 0 Å². The van der Waals surface area contributed by atoms with E-state index in [9.17, 15) is 18.3 Å². The summed E-state index contributed by atoms with van der Waals surface area (Å²) in [5.41, 5.74) is 1.81. The molecule has 4 rings (SSSR count). The highest BCUT2D eigenvalue weighted by Gasteiger charge is 2.38. The van der Waals surface area contributed by atoms with Gasteiger partial charge in [-0.05, 0) is 37.0 Å². The fraction of sp³-hybridized carbons (Fsp3) is 0.533. The molecule has 1 aromatic heterocycles. The van der Waals surface area contributed by atoms with Crippen molar-refractivity contribution in [2.45, 2.75) is 62.6 Å². The third-order valence-electron chi connectivity index (χ3n) is 7.43. The average Bonchev–Trinajstić information content (AvgIpc) is 3.41. The first-order valence-electron chi connectivity index (χ1n) is 14.2. The van der Waals surface area contributed by atoms with Crippen LogP contribution in [0.1, 0.15) is 50.2 Å². The number of aliphatic hydroxyl groups is 1. The Hall–Kier alpha value is -2.83. The topological polar surface area (TPSA) is 131 Å². The lowest BCUT2D eigenvalue weighted by Crippen LogP contribution is -2.58. The van der Waals surface area contributed by atoms with Crippen LogP contribution in [0.5, 0.6) is 0 Å². The summed E-state index contributed by atoms with van der Waals surface area (Å²) in [6.07, 6.45) is 1.27. The SMILES string of the molecule is CCC[C@H](NC(=O)C(CS(=O)(=O)Cc1ccccc1)N(CCOC)C1CCOCC1)C(O)c1nc2ccccc2o1. The van der Waals surface area contributed by atoms with Gasteiger partial charge in [-0.1, -0.05) is 55.8 Å². The molecule has 1 amide bonds. The molecule has 2 aromatic carbocycles. The van der Waals surface area contributed by atoms with Crippen LogP contribution in [0.3, 0.4) is 0 Å². The highest BCUT2D eigenvalue weighted by Crippen LogP contribution is 2.25. The smallest absolute Gasteiger partial charge is 0.238 e. The highest BCUT2D eigenvalue weighted by atomic mass is 32.2. The second-order valence-corrected chi connectivity index (χ2v) is 12.6. The molecule has 11 heteroatoms. The van der Waals surface area contributed by atoms with E-state index in [2.05, 4.69) is 10.3 Å². The van der Waals surface area contributed by atoms with Crippen molar-refractivity contribution in [3.05, 3.63) is 66.1 Å². The fourth-order valence-corrected chi connectivity index (χ4v) is 6.99. The van der Waals surface area contributed by atoms with Crippen molar-refractivity contribution in [3.63, 3.8) is 0 Å². The molecule has 2 N–H and O–H groups in total. The summed E-state index contributed by atoms with van der Waals surface area (Å²) in [6.45, 7) is 3.74. The number of nitrogens with one attached hydrogen (secondary N) is 1. The van der Waals surface area contributed by atoms with Crippen molar-refractivity contribution in [1.29, 1.82) is 0 Å². The van der Waals surface area contributed by atoms with Crippen molar-refractivity contribution in [2.75, 3.05) is 39.2 Å². The lowest BCUT2D eigenvalue weighted by molar-refractivity contribution is -0.129. The molecule has 1 aliphatic heterocycles. The van der Waals surface area contributed by atoms with Crippen molar-refractivity contribution >= 4 is 26.8 Å². The summed E-state index contributed by atoms with van der Waals surface area (Å²) in [5, 5.41) is 14.2. The van der Waals surface area contributed by atoms with E-state index >= 15 is 0 Å². The lowest BCUT2D eigenvalue weighted by atomic mass is 10.0. The van der Waals surface area contributed by atoms with Crippen LogP contribution in [0.2, 0.25) is 0 Å². The number of ether oxygens (including phenoxy) is 2. The van der Waals surface area contributed by atoms with Gasteiger partial charge in [-0.15, -0.1) is 0 Å². The van der Waals surface area contributed by atoms with Crippen molar-refractivity contribution in [1.82, 2.24) is 15.2 Å². The van der Waals surface area contributed by atoms with Crippen molar-refractivity contribution in [2.24, 2.45) is 0 Å². The molecule has 2 unspecified atom stereocenters. The number of hydrogen-bond acceptors (Lipinski definition) is 9. The number of fused-ring (bicyclic) bond motifs is 1. The van der Waals surface area contributed by atoms with Crippen LogP contribution >= 0.6 is 0 Å². The molecule has 0 spiro atoms. The predicted octanol–water partition coefficient (Wildman–Crippen LogP) is 3.26. The van der Waals surface area contributed by atoms with E-state index in [4.69, 9.17) is 13.9 Å². The molecule has 3 aromatic rings. The molecule has 2 heterocycles. The molecule has 0 saturated carbocycles. The van der Waals surface area contributed by atoms with Crippen LogP contribution in [-0.2, 0) is 29.9 Å². The number of methoxy groups -OCH3 is 1. The van der Waals surface area contributed by atoms with Gasteiger partial charge in [0.1, 0.15) is 11.6 Å². The molecule has 224 valence electrons. The Morgan fingerprint density at radius 1 is 1.15 bits per heavy atom. The summed E-state index contributed by atoms with van der Waals surface area (Å²) in [4.78, 5) is 20.4. The average molecular weight is 588 g/mol. The summed E-state index contributed by atoms with van der Waals surface area (Å²) in [6, 6.07) is 14.4. The number of amides is 1. The molecule has 1 aliphatic rings. The van der Waals surface area contributed by atoms with Gasteiger partial charge in [0, 0.05) is 32.9 Å². The zero-order valence-corrected chi connectivity index (χ0v) is 24.6. The van der Waals surface area contributed by atoms with Gasteiger partial charge in [-0.2, -0.15) is 0 Å². The van der Waals surface area contributed by atoms with Gasteiger partial charge in [0.25, 0.3) is 0 Å². The van der Waals surface area contributed by atoms with Crippen LogP contribution in [0, 0.1) is 0 Å². The van der Waals surface area contributed by atoms with E-state index in [0.717, 1.165) is 0 Å². The molecular formula is C30H41N3O7S. The highest BCUT2D eigenvalue weighted by molar-refractivity contribution is 7.90. The predicted molar refractivity (Wildman–Crippen MR) is 156 cm³/mol. The third-order valence-corrected chi connectivity index (χ3v) is 9.03. The van der Waals surface area contributed by atoms with Crippen LogP contribution in [0.15, 0.2) is 59.0 Å². The maximum Gasteiger partial charge on any atom is 0.238 e. The maximum atomic E-state index is 14.1. The molecule has 1 fully saturated rings. The zero-order chi connectivity index (χ0) is 29.2.